The van der Waals surface area contributed by atoms with Crippen molar-refractivity contribution in [3.8, 4) is 11.5 Å². The van der Waals surface area contributed by atoms with Crippen molar-refractivity contribution in [2.75, 3.05) is 11.5 Å². The molecule has 2 aromatic carbocycles. The lowest BCUT2D eigenvalue weighted by atomic mass is 10.1. The fraction of sp³-hybridized carbons (Fsp3) is 0.111. The maximum Gasteiger partial charge on any atom is 0.127 e. The van der Waals surface area contributed by atoms with Crippen molar-refractivity contribution in [2.45, 2.75) is 12.8 Å². The largest absolute Gasteiger partial charge is 0.462 e. The molecule has 0 spiro atoms. The third-order valence-corrected chi connectivity index (χ3v) is 3.28. The summed E-state index contributed by atoms with van der Waals surface area (Å²) in [6.07, 6.45) is 5.69. The van der Waals surface area contributed by atoms with Crippen molar-refractivity contribution in [2.24, 2.45) is 0 Å². The van der Waals surface area contributed by atoms with Crippen LogP contribution in [0.5, 0.6) is 11.5 Å². The van der Waals surface area contributed by atoms with Gasteiger partial charge in [-0.05, 0) is 61.0 Å². The Balaban J connectivity index is 1.68. The summed E-state index contributed by atoms with van der Waals surface area (Å²) in [6.45, 7) is 0. The van der Waals surface area contributed by atoms with Gasteiger partial charge in [0.1, 0.15) is 23.0 Å². The van der Waals surface area contributed by atoms with E-state index in [1.165, 1.54) is 0 Å². The highest BCUT2D eigenvalue weighted by molar-refractivity contribution is 5.43. The molecule has 22 heavy (non-hydrogen) atoms. The lowest BCUT2D eigenvalue weighted by Crippen LogP contribution is -2.04. The Morgan fingerprint density at radius 2 is 1.27 bits per heavy atom. The number of anilines is 2. The number of nitrogens with two attached hydrogens (primary N) is 2. The van der Waals surface area contributed by atoms with Crippen LogP contribution in [0.3, 0.4) is 0 Å². The number of hydrogen-bond acceptors (Lipinski definition) is 4. The summed E-state index contributed by atoms with van der Waals surface area (Å²) in [4.78, 5) is 0. The zero-order valence-electron chi connectivity index (χ0n) is 12.2. The van der Waals surface area contributed by atoms with Crippen molar-refractivity contribution in [1.29, 1.82) is 0 Å². The molecule has 0 aromatic heterocycles. The Labute approximate surface area is 129 Å². The first-order valence-corrected chi connectivity index (χ1v) is 7.16. The van der Waals surface area contributed by atoms with Crippen molar-refractivity contribution < 1.29 is 9.47 Å². The minimum Gasteiger partial charge on any atom is -0.462 e. The van der Waals surface area contributed by atoms with Crippen molar-refractivity contribution >= 4 is 11.4 Å². The van der Waals surface area contributed by atoms with E-state index in [9.17, 15) is 0 Å². The molecule has 0 aliphatic heterocycles. The van der Waals surface area contributed by atoms with Crippen LogP contribution in [-0.4, -0.2) is 0 Å². The number of nitrogen functional groups attached to an aromatic ring is 2. The molecule has 4 N–H and O–H groups in total. The van der Waals surface area contributed by atoms with E-state index in [2.05, 4.69) is 0 Å². The Bertz CT molecular complexity index is 701. The first-order valence-electron chi connectivity index (χ1n) is 7.16. The molecule has 0 saturated heterocycles. The monoisotopic (exact) mass is 294 g/mol. The van der Waals surface area contributed by atoms with E-state index in [0.717, 1.165) is 41.5 Å². The predicted octanol–water partition coefficient (Wildman–Crippen LogP) is 3.87. The van der Waals surface area contributed by atoms with Crippen LogP contribution in [0.4, 0.5) is 11.4 Å². The number of hydrogen-bond donors (Lipinski definition) is 2. The van der Waals surface area contributed by atoms with Gasteiger partial charge in [0.25, 0.3) is 0 Å². The zero-order valence-corrected chi connectivity index (χ0v) is 12.2. The van der Waals surface area contributed by atoms with Gasteiger partial charge in [0.2, 0.25) is 0 Å². The lowest BCUT2D eigenvalue weighted by molar-refractivity contribution is 0.381. The molecule has 0 radical (unpaired) electrons. The SMILES string of the molecule is Nc1ccc(OC2=CCCC(Oc3ccc(N)cc3)=C2)cc1. The highest BCUT2D eigenvalue weighted by Gasteiger charge is 2.09. The van der Waals surface area contributed by atoms with Crippen LogP contribution < -0.4 is 20.9 Å². The molecule has 0 bridgehead atoms. The quantitative estimate of drug-likeness (QED) is 0.840. The normalized spacial score (nSPS) is 14.0. The molecule has 0 unspecified atom stereocenters. The molecule has 2 aromatic rings. The van der Waals surface area contributed by atoms with Crippen LogP contribution in [0.1, 0.15) is 12.8 Å². The van der Waals surface area contributed by atoms with E-state index in [1.54, 1.807) is 0 Å². The van der Waals surface area contributed by atoms with E-state index in [4.69, 9.17) is 20.9 Å². The fourth-order valence-corrected chi connectivity index (χ4v) is 2.16. The minimum absolute atomic E-state index is 0.716. The predicted molar refractivity (Wildman–Crippen MR) is 88.4 cm³/mol. The van der Waals surface area contributed by atoms with E-state index in [0.29, 0.717) is 5.69 Å². The van der Waals surface area contributed by atoms with Crippen molar-refractivity contribution in [3.05, 3.63) is 72.2 Å². The second-order valence-electron chi connectivity index (χ2n) is 5.10. The molecule has 4 heteroatoms. The van der Waals surface area contributed by atoms with Crippen LogP contribution in [0.25, 0.3) is 0 Å². The highest BCUT2D eigenvalue weighted by Crippen LogP contribution is 2.25. The number of benzene rings is 2. The van der Waals surface area contributed by atoms with Crippen LogP contribution in [-0.2, 0) is 0 Å². The van der Waals surface area contributed by atoms with Crippen LogP contribution in [0.2, 0.25) is 0 Å². The molecule has 0 saturated carbocycles. The standard InChI is InChI=1S/C18H18N2O2/c19-13-4-8-15(9-5-13)21-17-2-1-3-18(12-17)22-16-10-6-14(20)7-11-16/h2,4-12H,1,3,19-20H2. The summed E-state index contributed by atoms with van der Waals surface area (Å²) in [5, 5.41) is 0. The molecule has 4 nitrogen and oxygen atoms in total. The smallest absolute Gasteiger partial charge is 0.127 e. The van der Waals surface area contributed by atoms with Crippen LogP contribution in [0.15, 0.2) is 72.2 Å². The molecule has 0 amide bonds. The van der Waals surface area contributed by atoms with Crippen molar-refractivity contribution in [1.82, 2.24) is 0 Å². The second-order valence-corrected chi connectivity index (χ2v) is 5.10. The van der Waals surface area contributed by atoms with Gasteiger partial charge in [0.15, 0.2) is 0 Å². The van der Waals surface area contributed by atoms with Gasteiger partial charge in [-0.2, -0.15) is 0 Å². The van der Waals surface area contributed by atoms with Gasteiger partial charge in [0.05, 0.1) is 0 Å². The Kier molecular flexibility index (Phi) is 4.01. The van der Waals surface area contributed by atoms with Gasteiger partial charge in [-0.25, -0.2) is 0 Å². The average molecular weight is 294 g/mol. The van der Waals surface area contributed by atoms with Gasteiger partial charge in [-0.1, -0.05) is 0 Å². The Morgan fingerprint density at radius 1 is 0.727 bits per heavy atom. The number of allylic oxidation sites excluding steroid dienone is 3. The van der Waals surface area contributed by atoms with Gasteiger partial charge >= 0.3 is 0 Å². The second kappa shape index (κ2) is 6.26. The molecular formula is C18H18N2O2. The number of ether oxygens (including phenoxy) is 2. The molecule has 0 atom stereocenters. The van der Waals surface area contributed by atoms with Gasteiger partial charge < -0.3 is 20.9 Å². The summed E-state index contributed by atoms with van der Waals surface area (Å²) in [5.74, 6) is 3.18. The topological polar surface area (TPSA) is 70.5 Å². The first-order chi connectivity index (χ1) is 10.7. The summed E-state index contributed by atoms with van der Waals surface area (Å²) in [6, 6.07) is 14.7. The molecule has 3 rings (SSSR count). The third kappa shape index (κ3) is 3.61. The highest BCUT2D eigenvalue weighted by atomic mass is 16.5. The number of rotatable bonds is 4. The van der Waals surface area contributed by atoms with E-state index in [-0.39, 0.29) is 0 Å². The van der Waals surface area contributed by atoms with Crippen LogP contribution in [0, 0.1) is 0 Å². The Morgan fingerprint density at radius 3 is 1.86 bits per heavy atom. The summed E-state index contributed by atoms with van der Waals surface area (Å²) in [5.41, 5.74) is 12.8. The summed E-state index contributed by atoms with van der Waals surface area (Å²) < 4.78 is 11.7. The molecule has 1 aliphatic carbocycles. The van der Waals surface area contributed by atoms with Gasteiger partial charge in [-0.3, -0.25) is 0 Å². The molecule has 1 aliphatic rings. The maximum atomic E-state index is 5.86. The molecule has 0 heterocycles. The van der Waals surface area contributed by atoms with E-state index < -0.39 is 0 Å². The maximum absolute atomic E-state index is 5.86. The molecule has 112 valence electrons. The van der Waals surface area contributed by atoms with E-state index in [1.807, 2.05) is 60.7 Å². The Hall–Kier alpha value is -2.88. The average Bonchev–Trinajstić information content (AvgIpc) is 2.52. The minimum atomic E-state index is 0.716. The summed E-state index contributed by atoms with van der Waals surface area (Å²) >= 11 is 0. The van der Waals surface area contributed by atoms with Crippen LogP contribution >= 0.6 is 0 Å². The molecule has 0 fully saturated rings. The third-order valence-electron chi connectivity index (χ3n) is 3.28. The fourth-order valence-electron chi connectivity index (χ4n) is 2.16. The zero-order chi connectivity index (χ0) is 15.4. The van der Waals surface area contributed by atoms with Gasteiger partial charge in [-0.15, -0.1) is 0 Å². The van der Waals surface area contributed by atoms with Crippen molar-refractivity contribution in [3.63, 3.8) is 0 Å². The first kappa shape index (κ1) is 14.1. The lowest BCUT2D eigenvalue weighted by Gasteiger charge is -2.15. The molecular weight excluding hydrogens is 276 g/mol. The van der Waals surface area contributed by atoms with E-state index >= 15 is 0 Å². The summed E-state index contributed by atoms with van der Waals surface area (Å²) in [7, 11) is 0. The van der Waals surface area contributed by atoms with Gasteiger partial charge in [0, 0.05) is 23.9 Å².